The molecule has 2 aliphatic carbocycles. The summed E-state index contributed by atoms with van der Waals surface area (Å²) in [5.41, 5.74) is 0. The van der Waals surface area contributed by atoms with Gasteiger partial charge in [-0.25, -0.2) is 18.4 Å². The summed E-state index contributed by atoms with van der Waals surface area (Å²) in [7, 11) is 0. The second kappa shape index (κ2) is 23.9. The van der Waals surface area contributed by atoms with Crippen LogP contribution < -0.4 is 9.47 Å². The molecule has 0 aromatic heterocycles. The average Bonchev–Trinajstić information content (AvgIpc) is 3.10. The summed E-state index contributed by atoms with van der Waals surface area (Å²) < 4.78 is 51.6. The first kappa shape index (κ1) is 40.1. The molecule has 48 heavy (non-hydrogen) atoms. The smallest absolute Gasteiger partial charge is 0.340 e. The van der Waals surface area contributed by atoms with Crippen LogP contribution in [0.5, 0.6) is 11.5 Å². The van der Waals surface area contributed by atoms with Gasteiger partial charge < -0.3 is 18.9 Å². The van der Waals surface area contributed by atoms with Crippen LogP contribution in [0.1, 0.15) is 155 Å². The Morgan fingerprint density at radius 2 is 0.896 bits per heavy atom. The number of esters is 2. The topological polar surface area (TPSA) is 71.1 Å². The highest BCUT2D eigenvalue weighted by Crippen LogP contribution is 2.30. The number of carbonyl (C=O) groups is 2. The van der Waals surface area contributed by atoms with Crippen LogP contribution in [0.2, 0.25) is 0 Å². The highest BCUT2D eigenvalue weighted by atomic mass is 19.1. The third-order valence-electron chi connectivity index (χ3n) is 10.1. The summed E-state index contributed by atoms with van der Waals surface area (Å²) in [4.78, 5) is 24.4. The predicted octanol–water partition coefficient (Wildman–Crippen LogP) is 10.8. The van der Waals surface area contributed by atoms with E-state index in [1.54, 1.807) is 0 Å². The van der Waals surface area contributed by atoms with E-state index < -0.39 is 24.3 Å². The maximum Gasteiger partial charge on any atom is 0.340 e. The highest BCUT2D eigenvalue weighted by molar-refractivity contribution is 5.75. The molecule has 6 nitrogen and oxygen atoms in total. The first-order valence-electron chi connectivity index (χ1n) is 19.4. The van der Waals surface area contributed by atoms with Crippen LogP contribution in [-0.4, -0.2) is 49.7 Å². The molecular weight excluding hydrogens is 614 g/mol. The Morgan fingerprint density at radius 1 is 0.562 bits per heavy atom. The lowest BCUT2D eigenvalue weighted by atomic mass is 9.88. The van der Waals surface area contributed by atoms with Gasteiger partial charge in [-0.2, -0.15) is 0 Å². The predicted molar refractivity (Wildman–Crippen MR) is 187 cm³/mol. The van der Waals surface area contributed by atoms with Crippen LogP contribution in [-0.2, 0) is 19.1 Å². The monoisotopic (exact) mass is 678 g/mol. The van der Waals surface area contributed by atoms with Crippen molar-refractivity contribution in [2.24, 2.45) is 11.8 Å². The van der Waals surface area contributed by atoms with Crippen molar-refractivity contribution in [1.29, 1.82) is 0 Å². The minimum Gasteiger partial charge on any atom is -0.493 e. The molecule has 3 rings (SSSR count). The summed E-state index contributed by atoms with van der Waals surface area (Å²) in [6.45, 7) is 5.54. The van der Waals surface area contributed by atoms with Crippen LogP contribution in [0.4, 0.5) is 8.78 Å². The number of carbonyl (C=O) groups excluding carboxylic acids is 2. The fourth-order valence-corrected chi connectivity index (χ4v) is 6.81. The van der Waals surface area contributed by atoms with E-state index >= 15 is 0 Å². The molecular formula is C40H64F2O6. The molecule has 2 fully saturated rings. The third kappa shape index (κ3) is 16.3. The Balaban J connectivity index is 1.22. The van der Waals surface area contributed by atoms with Crippen molar-refractivity contribution in [3.05, 3.63) is 24.3 Å². The van der Waals surface area contributed by atoms with Crippen LogP contribution in [0.25, 0.3) is 0 Å². The Hall–Kier alpha value is -2.38. The zero-order valence-electron chi connectivity index (χ0n) is 29.9. The SMILES string of the molecule is CCCCCCCC[C@@H](F)C(=O)OC1CCC(COc2ccc(OCC3CCC(OC(=O)[C@H](F)CCCCCCCC)CC3)cc2)CC1. The van der Waals surface area contributed by atoms with Crippen molar-refractivity contribution >= 4 is 11.9 Å². The van der Waals surface area contributed by atoms with E-state index in [2.05, 4.69) is 13.8 Å². The number of hydrogen-bond acceptors (Lipinski definition) is 6. The first-order chi connectivity index (χ1) is 23.4. The summed E-state index contributed by atoms with van der Waals surface area (Å²) in [6.07, 6.45) is 16.5. The molecule has 0 amide bonds. The number of unbranched alkanes of at least 4 members (excludes halogenated alkanes) is 10. The zero-order chi connectivity index (χ0) is 34.4. The van der Waals surface area contributed by atoms with E-state index in [0.717, 1.165) is 101 Å². The van der Waals surface area contributed by atoms with Crippen LogP contribution >= 0.6 is 0 Å². The second-order valence-corrected chi connectivity index (χ2v) is 14.3. The summed E-state index contributed by atoms with van der Waals surface area (Å²) in [6, 6.07) is 7.68. The molecule has 2 aliphatic rings. The van der Waals surface area contributed by atoms with Gasteiger partial charge in [0, 0.05) is 0 Å². The molecule has 0 aliphatic heterocycles. The van der Waals surface area contributed by atoms with Gasteiger partial charge in [-0.1, -0.05) is 78.1 Å². The molecule has 274 valence electrons. The van der Waals surface area contributed by atoms with Crippen molar-refractivity contribution < 1.29 is 37.3 Å². The molecule has 0 heterocycles. The minimum atomic E-state index is -1.51. The Morgan fingerprint density at radius 3 is 1.25 bits per heavy atom. The van der Waals surface area contributed by atoms with Crippen molar-refractivity contribution in [1.82, 2.24) is 0 Å². The number of alkyl halides is 2. The lowest BCUT2D eigenvalue weighted by molar-refractivity contribution is -0.158. The lowest BCUT2D eigenvalue weighted by Crippen LogP contribution is -2.30. The average molecular weight is 679 g/mol. The minimum absolute atomic E-state index is 0.194. The highest BCUT2D eigenvalue weighted by Gasteiger charge is 2.29. The Kier molecular flexibility index (Phi) is 19.9. The molecule has 0 radical (unpaired) electrons. The zero-order valence-corrected chi connectivity index (χ0v) is 29.9. The van der Waals surface area contributed by atoms with Gasteiger partial charge in [-0.05, 0) is 113 Å². The fraction of sp³-hybridized carbons (Fsp3) is 0.800. The van der Waals surface area contributed by atoms with E-state index in [-0.39, 0.29) is 25.0 Å². The van der Waals surface area contributed by atoms with Gasteiger partial charge in [-0.3, -0.25) is 0 Å². The Bertz CT molecular complexity index is 909. The van der Waals surface area contributed by atoms with Crippen LogP contribution in [0, 0.1) is 11.8 Å². The van der Waals surface area contributed by atoms with Gasteiger partial charge in [0.25, 0.3) is 0 Å². The largest absolute Gasteiger partial charge is 0.493 e. The van der Waals surface area contributed by atoms with Gasteiger partial charge in [0.1, 0.15) is 23.7 Å². The Labute approximate surface area is 289 Å². The number of ether oxygens (including phenoxy) is 4. The lowest BCUT2D eigenvalue weighted by Gasteiger charge is -2.29. The van der Waals surface area contributed by atoms with Crippen LogP contribution in [0.15, 0.2) is 24.3 Å². The molecule has 0 bridgehead atoms. The first-order valence-corrected chi connectivity index (χ1v) is 19.4. The third-order valence-corrected chi connectivity index (χ3v) is 10.1. The number of hydrogen-bond donors (Lipinski definition) is 0. The number of halogens is 2. The second-order valence-electron chi connectivity index (χ2n) is 14.3. The van der Waals surface area contributed by atoms with Crippen molar-refractivity contribution in [3.8, 4) is 11.5 Å². The quantitative estimate of drug-likeness (QED) is 0.0800. The van der Waals surface area contributed by atoms with Crippen molar-refractivity contribution in [3.63, 3.8) is 0 Å². The molecule has 0 N–H and O–H groups in total. The van der Waals surface area contributed by atoms with Crippen LogP contribution in [0.3, 0.4) is 0 Å². The van der Waals surface area contributed by atoms with E-state index in [4.69, 9.17) is 18.9 Å². The molecule has 1 aromatic carbocycles. The summed E-state index contributed by atoms with van der Waals surface area (Å²) in [5, 5.41) is 0. The van der Waals surface area contributed by atoms with Gasteiger partial charge in [0.2, 0.25) is 0 Å². The maximum atomic E-state index is 14.3. The van der Waals surface area contributed by atoms with Gasteiger partial charge in [0.15, 0.2) is 12.3 Å². The van der Waals surface area contributed by atoms with Crippen molar-refractivity contribution in [2.45, 2.75) is 180 Å². The molecule has 2 saturated carbocycles. The summed E-state index contributed by atoms with van der Waals surface area (Å²) >= 11 is 0. The standard InChI is InChI=1S/C40H64F2O6/c1-3-5-7-9-11-13-15-37(41)39(43)47-35-21-17-31(18-22-35)29-45-33-25-27-34(28-26-33)46-30-32-19-23-36(24-20-32)48-40(44)38(42)16-14-12-10-8-6-4-2/h25-28,31-32,35-38H,3-24,29-30H2,1-2H3/t31?,32?,35?,36?,37-,38-/m1/s1. The summed E-state index contributed by atoms with van der Waals surface area (Å²) in [5.74, 6) is 0.955. The number of benzene rings is 1. The molecule has 2 atom stereocenters. The van der Waals surface area contributed by atoms with Gasteiger partial charge in [0.05, 0.1) is 13.2 Å². The number of rotatable bonds is 24. The fourth-order valence-electron chi connectivity index (χ4n) is 6.81. The van der Waals surface area contributed by atoms with Gasteiger partial charge >= 0.3 is 11.9 Å². The maximum absolute atomic E-state index is 14.3. The van der Waals surface area contributed by atoms with E-state index in [0.29, 0.717) is 25.0 Å². The molecule has 8 heteroatoms. The molecule has 0 saturated heterocycles. The molecule has 0 spiro atoms. The molecule has 1 aromatic rings. The van der Waals surface area contributed by atoms with Gasteiger partial charge in [-0.15, -0.1) is 0 Å². The van der Waals surface area contributed by atoms with E-state index in [1.807, 2.05) is 24.3 Å². The van der Waals surface area contributed by atoms with Crippen molar-refractivity contribution in [2.75, 3.05) is 13.2 Å². The normalized spacial score (nSPS) is 22.4. The van der Waals surface area contributed by atoms with E-state index in [9.17, 15) is 18.4 Å². The van der Waals surface area contributed by atoms with E-state index in [1.165, 1.54) is 38.5 Å². The molecule has 0 unspecified atom stereocenters.